The topological polar surface area (TPSA) is 124 Å². The van der Waals surface area contributed by atoms with Gasteiger partial charge in [-0.15, -0.1) is 0 Å². The van der Waals surface area contributed by atoms with Gasteiger partial charge in [0.1, 0.15) is 0 Å². The zero-order valence-electron chi connectivity index (χ0n) is 37.0. The fourth-order valence-electron chi connectivity index (χ4n) is 7.68. The zero-order chi connectivity index (χ0) is 45.9. The number of nitrogens with zero attached hydrogens (tertiary/aromatic N) is 4. The molecule has 0 bridgehead atoms. The summed E-state index contributed by atoms with van der Waals surface area (Å²) in [5.41, 5.74) is 3.86. The number of benzene rings is 3. The first-order valence-electron chi connectivity index (χ1n) is 21.8. The monoisotopic (exact) mass is 918 g/mol. The van der Waals surface area contributed by atoms with Crippen molar-refractivity contribution in [3.05, 3.63) is 113 Å². The number of pyridine rings is 1. The molecule has 4 amide bonds. The molecular weight excluding hydrogens is 861 g/mol. The third-order valence-electron chi connectivity index (χ3n) is 11.5. The number of hydrogen-bond acceptors (Lipinski definition) is 8. The first-order chi connectivity index (χ1) is 30.5. The number of alkyl halides is 3. The predicted molar refractivity (Wildman–Crippen MR) is 250 cm³/mol. The standard InChI is InChI=1S/C48H58F3N6O5PS/c1-34(58)55-22-10-23-57(25-24-55)44(59)32-63(4)62-26-18-47(2,3)64-33-36-12-8-13-37(27-36)46(61)54-42-16-15-40(56-20-6-5-7-21-56)30-41(42)43-29-38(17-19-52-43)45(60)53-31-35-11-9-14-39(28-35)48(49,50)51/h8-9,11-17,19,27-30H,5-7,10,18,20-26,31-33H2,1-4H3,(H,53,60)(H,54,61). The Bertz CT molecular complexity index is 2270. The smallest absolute Gasteiger partial charge is 0.372 e. The van der Waals surface area contributed by atoms with Gasteiger partial charge >= 0.3 is 6.18 Å². The molecule has 0 spiro atoms. The number of piperidine rings is 1. The summed E-state index contributed by atoms with van der Waals surface area (Å²) in [4.78, 5) is 62.5. The maximum absolute atomic E-state index is 13.9. The van der Waals surface area contributed by atoms with Crippen LogP contribution in [0.2, 0.25) is 0 Å². The van der Waals surface area contributed by atoms with Crippen molar-refractivity contribution in [2.75, 3.05) is 68.9 Å². The van der Waals surface area contributed by atoms with E-state index >= 15 is 0 Å². The van der Waals surface area contributed by atoms with E-state index < -0.39 is 25.8 Å². The number of aromatic nitrogens is 1. The van der Waals surface area contributed by atoms with Crippen LogP contribution >= 0.6 is 19.9 Å². The van der Waals surface area contributed by atoms with Crippen LogP contribution in [0.25, 0.3) is 11.3 Å². The molecule has 1 unspecified atom stereocenters. The minimum Gasteiger partial charge on any atom is -0.372 e. The van der Waals surface area contributed by atoms with E-state index in [9.17, 15) is 32.3 Å². The van der Waals surface area contributed by atoms with Gasteiger partial charge in [0.25, 0.3) is 11.8 Å². The van der Waals surface area contributed by atoms with E-state index in [-0.39, 0.29) is 34.6 Å². The quantitative estimate of drug-likeness (QED) is 0.107. The fourth-order valence-corrected chi connectivity index (χ4v) is 9.72. The van der Waals surface area contributed by atoms with Crippen molar-refractivity contribution in [3.63, 3.8) is 0 Å². The van der Waals surface area contributed by atoms with Crippen molar-refractivity contribution in [1.82, 2.24) is 20.1 Å². The van der Waals surface area contributed by atoms with E-state index in [1.54, 1.807) is 41.8 Å². The van der Waals surface area contributed by atoms with Gasteiger partial charge in [0, 0.05) is 100.0 Å². The summed E-state index contributed by atoms with van der Waals surface area (Å²) in [5.74, 6) is 0.00918. The molecule has 2 aliphatic heterocycles. The molecule has 2 saturated heterocycles. The normalized spacial score (nSPS) is 15.3. The van der Waals surface area contributed by atoms with Crippen molar-refractivity contribution < 1.29 is 36.9 Å². The molecule has 11 nitrogen and oxygen atoms in total. The highest BCUT2D eigenvalue weighted by molar-refractivity contribution is 7.99. The van der Waals surface area contributed by atoms with Crippen LogP contribution in [0.1, 0.15) is 90.3 Å². The number of thioether (sulfide) groups is 1. The second-order valence-corrected chi connectivity index (χ2v) is 20.4. The average molecular weight is 919 g/mol. The summed E-state index contributed by atoms with van der Waals surface area (Å²) < 4.78 is 45.9. The Morgan fingerprint density at radius 1 is 0.797 bits per heavy atom. The van der Waals surface area contributed by atoms with Gasteiger partial charge in [0.2, 0.25) is 11.8 Å². The number of halogens is 3. The van der Waals surface area contributed by atoms with Crippen molar-refractivity contribution in [1.29, 1.82) is 0 Å². The minimum atomic E-state index is -4.49. The van der Waals surface area contributed by atoms with Crippen LogP contribution in [-0.2, 0) is 32.6 Å². The highest BCUT2D eigenvalue weighted by Crippen LogP contribution is 2.37. The molecule has 342 valence electrons. The molecule has 0 saturated carbocycles. The number of amides is 4. The Morgan fingerprint density at radius 2 is 1.52 bits per heavy atom. The van der Waals surface area contributed by atoms with Gasteiger partial charge in [-0.2, -0.15) is 24.9 Å². The average Bonchev–Trinajstić information content (AvgIpc) is 3.55. The lowest BCUT2D eigenvalue weighted by Crippen LogP contribution is -2.37. The predicted octanol–water partition coefficient (Wildman–Crippen LogP) is 9.47. The first-order valence-corrected chi connectivity index (χ1v) is 24.6. The Kier molecular flexibility index (Phi) is 16.9. The maximum atomic E-state index is 13.9. The number of nitrogens with one attached hydrogen (secondary N) is 2. The summed E-state index contributed by atoms with van der Waals surface area (Å²) in [6.45, 7) is 12.5. The summed E-state index contributed by atoms with van der Waals surface area (Å²) >= 11 is 1.77. The molecule has 2 N–H and O–H groups in total. The van der Waals surface area contributed by atoms with E-state index in [4.69, 9.17) is 4.52 Å². The van der Waals surface area contributed by atoms with Gasteiger partial charge in [-0.05, 0) is 104 Å². The molecule has 1 atom stereocenters. The van der Waals surface area contributed by atoms with Gasteiger partial charge in [0.05, 0.1) is 29.7 Å². The minimum absolute atomic E-state index is 0.0407. The van der Waals surface area contributed by atoms with E-state index in [2.05, 4.69) is 34.4 Å². The molecule has 2 fully saturated rings. The molecule has 3 aromatic carbocycles. The van der Waals surface area contributed by atoms with Crippen LogP contribution in [0, 0.1) is 0 Å². The fraction of sp³-hybridized carbons (Fsp3) is 0.438. The molecule has 6 rings (SSSR count). The molecule has 2 aliphatic rings. The lowest BCUT2D eigenvalue weighted by molar-refractivity contribution is -0.137. The second-order valence-electron chi connectivity index (χ2n) is 16.9. The highest BCUT2D eigenvalue weighted by atomic mass is 32.2. The number of carbonyl (C=O) groups excluding carboxylic acids is 4. The SMILES string of the molecule is CC(=O)N1CCCN(C(=O)CP(C)OCCC(C)(C)SCc2cccc(C(=O)Nc3ccc(N4CCCCC4)cc3-c3cc(C(=O)NCc4cccc(C(F)(F)F)c4)ccn3)c2)CC1. The van der Waals surface area contributed by atoms with Crippen LogP contribution in [-0.4, -0.2) is 102 Å². The van der Waals surface area contributed by atoms with Crippen molar-refractivity contribution in [2.45, 2.75) is 76.1 Å². The number of hydrogen-bond donors (Lipinski definition) is 2. The molecule has 0 aliphatic carbocycles. The largest absolute Gasteiger partial charge is 0.416 e. The molecule has 16 heteroatoms. The van der Waals surface area contributed by atoms with Crippen LogP contribution < -0.4 is 15.5 Å². The number of carbonyl (C=O) groups is 4. The Balaban J connectivity index is 1.07. The first kappa shape index (κ1) is 48.5. The van der Waals surface area contributed by atoms with E-state index in [1.165, 1.54) is 18.3 Å². The van der Waals surface area contributed by atoms with E-state index in [0.29, 0.717) is 72.8 Å². The summed E-state index contributed by atoms with van der Waals surface area (Å²) in [6.07, 6.45) is 2.22. The van der Waals surface area contributed by atoms with Crippen LogP contribution in [0.3, 0.4) is 0 Å². The van der Waals surface area contributed by atoms with Gasteiger partial charge in [0.15, 0.2) is 0 Å². The third kappa shape index (κ3) is 14.0. The molecule has 1 aromatic heterocycles. The van der Waals surface area contributed by atoms with Gasteiger partial charge in [-0.3, -0.25) is 24.2 Å². The lowest BCUT2D eigenvalue weighted by Gasteiger charge is -2.29. The molecule has 0 radical (unpaired) electrons. The Hall–Kier alpha value is -4.98. The third-order valence-corrected chi connectivity index (χ3v) is 14.3. The number of anilines is 2. The maximum Gasteiger partial charge on any atom is 0.416 e. The highest BCUT2D eigenvalue weighted by Gasteiger charge is 2.30. The summed E-state index contributed by atoms with van der Waals surface area (Å²) in [6, 6.07) is 21.4. The molecule has 3 heterocycles. The van der Waals surface area contributed by atoms with Crippen molar-refractivity contribution in [2.24, 2.45) is 0 Å². The second kappa shape index (κ2) is 22.3. The van der Waals surface area contributed by atoms with Gasteiger partial charge in [-0.25, -0.2) is 0 Å². The van der Waals surface area contributed by atoms with Crippen molar-refractivity contribution in [3.8, 4) is 11.3 Å². The van der Waals surface area contributed by atoms with Gasteiger partial charge < -0.3 is 29.9 Å². The van der Waals surface area contributed by atoms with Gasteiger partial charge in [-0.1, -0.05) is 38.1 Å². The van der Waals surface area contributed by atoms with E-state index in [1.807, 2.05) is 48.0 Å². The zero-order valence-corrected chi connectivity index (χ0v) is 38.7. The summed E-state index contributed by atoms with van der Waals surface area (Å²) in [7, 11) is -0.936. The van der Waals surface area contributed by atoms with Crippen LogP contribution in [0.15, 0.2) is 85.1 Å². The molecule has 4 aromatic rings. The summed E-state index contributed by atoms with van der Waals surface area (Å²) in [5, 5.41) is 5.82. The van der Waals surface area contributed by atoms with E-state index in [0.717, 1.165) is 68.6 Å². The molecular formula is C48H58F3N6O5PS. The lowest BCUT2D eigenvalue weighted by atomic mass is 10.0. The molecule has 64 heavy (non-hydrogen) atoms. The number of rotatable bonds is 16. The Morgan fingerprint density at radius 3 is 2.28 bits per heavy atom. The van der Waals surface area contributed by atoms with Crippen molar-refractivity contribution >= 4 is 54.9 Å². The Labute approximate surface area is 379 Å². The van der Waals surface area contributed by atoms with Crippen LogP contribution in [0.4, 0.5) is 24.5 Å². The van der Waals surface area contributed by atoms with Crippen LogP contribution in [0.5, 0.6) is 0 Å².